The molecule has 0 radical (unpaired) electrons. The molecule has 0 aromatic carbocycles. The number of carbonyl (C=O) groups is 2. The molecule has 0 rings (SSSR count). The van der Waals surface area contributed by atoms with Crippen LogP contribution in [0, 0.1) is 0 Å². The van der Waals surface area contributed by atoms with Crippen molar-refractivity contribution in [1.82, 2.24) is 4.90 Å². The number of nitrogens with two attached hydrogens (primary N) is 1. The number of nitrogens with zero attached hydrogens (tertiary/aromatic N) is 1. The molecule has 5 heteroatoms. The number of hydrogen-bond acceptors (Lipinski definition) is 4. The van der Waals surface area contributed by atoms with E-state index in [4.69, 9.17) is 10.5 Å². The topological polar surface area (TPSA) is 72.6 Å². The molecular weight excluding hydrogens is 184 g/mol. The van der Waals surface area contributed by atoms with Crippen molar-refractivity contribution in [3.05, 3.63) is 0 Å². The Morgan fingerprint density at radius 2 is 1.93 bits per heavy atom. The summed E-state index contributed by atoms with van der Waals surface area (Å²) in [6, 6.07) is -0.372. The predicted octanol–water partition coefficient (Wildman–Crippen LogP) is -0.256. The van der Waals surface area contributed by atoms with Crippen molar-refractivity contribution in [3.63, 3.8) is 0 Å². The summed E-state index contributed by atoms with van der Waals surface area (Å²) in [4.78, 5) is 23.9. The van der Waals surface area contributed by atoms with Gasteiger partial charge >= 0.3 is 5.97 Å². The average Bonchev–Trinajstić information content (AvgIpc) is 2.11. The molecule has 0 bridgehead atoms. The highest BCUT2D eigenvalue weighted by molar-refractivity contribution is 5.83. The van der Waals surface area contributed by atoms with Crippen LogP contribution < -0.4 is 5.73 Å². The van der Waals surface area contributed by atoms with Gasteiger partial charge in [0.1, 0.15) is 6.04 Å². The molecular formula is C9H18N2O3. The van der Waals surface area contributed by atoms with Gasteiger partial charge in [-0.1, -0.05) is 6.92 Å². The zero-order chi connectivity index (χ0) is 11.3. The summed E-state index contributed by atoms with van der Waals surface area (Å²) in [5.74, 6) is -1.03. The molecule has 1 amide bonds. The van der Waals surface area contributed by atoms with E-state index in [9.17, 15) is 9.59 Å². The highest BCUT2D eigenvalue weighted by Gasteiger charge is 2.23. The minimum absolute atomic E-state index is 0.372. The Hall–Kier alpha value is -1.10. The van der Waals surface area contributed by atoms with Crippen molar-refractivity contribution < 1.29 is 14.3 Å². The smallest absolute Gasteiger partial charge is 0.323 e. The van der Waals surface area contributed by atoms with Gasteiger partial charge in [-0.25, -0.2) is 0 Å². The van der Waals surface area contributed by atoms with E-state index in [0.717, 1.165) is 0 Å². The highest BCUT2D eigenvalue weighted by atomic mass is 16.5. The molecule has 0 aromatic rings. The van der Waals surface area contributed by atoms with Crippen molar-refractivity contribution >= 4 is 11.9 Å². The fraction of sp³-hybridized carbons (Fsp3) is 0.778. The van der Waals surface area contributed by atoms with E-state index in [-0.39, 0.29) is 6.04 Å². The zero-order valence-corrected chi connectivity index (χ0v) is 9.11. The van der Waals surface area contributed by atoms with E-state index in [1.165, 1.54) is 0 Å². The number of hydrogen-bond donors (Lipinski definition) is 1. The summed E-state index contributed by atoms with van der Waals surface area (Å²) in [7, 11) is 3.52. The zero-order valence-electron chi connectivity index (χ0n) is 9.11. The molecule has 2 atom stereocenters. The maximum atomic E-state index is 11.4. The van der Waals surface area contributed by atoms with E-state index >= 15 is 0 Å². The largest absolute Gasteiger partial charge is 0.451 e. The van der Waals surface area contributed by atoms with E-state index in [1.54, 1.807) is 32.8 Å². The summed E-state index contributed by atoms with van der Waals surface area (Å²) in [5.41, 5.74) is 5.04. The molecule has 0 saturated carbocycles. The molecule has 0 saturated heterocycles. The van der Waals surface area contributed by atoms with Crippen LogP contribution in [0.25, 0.3) is 0 Å². The van der Waals surface area contributed by atoms with Gasteiger partial charge < -0.3 is 10.5 Å². The van der Waals surface area contributed by atoms with Crippen LogP contribution in [0.5, 0.6) is 0 Å². The van der Waals surface area contributed by atoms with Crippen molar-refractivity contribution in [3.8, 4) is 0 Å². The maximum Gasteiger partial charge on any atom is 0.323 e. The third-order valence-electron chi connectivity index (χ3n) is 2.06. The number of likely N-dealkylation sites (N-methyl/N-ethyl adjacent to an activating group) is 1. The lowest BCUT2D eigenvalue weighted by Crippen LogP contribution is -2.40. The lowest BCUT2D eigenvalue weighted by atomic mass is 10.2. The van der Waals surface area contributed by atoms with Crippen molar-refractivity contribution in [2.24, 2.45) is 5.73 Å². The van der Waals surface area contributed by atoms with Crippen molar-refractivity contribution in [2.75, 3.05) is 14.1 Å². The lowest BCUT2D eigenvalue weighted by Gasteiger charge is -2.20. The molecule has 0 spiro atoms. The molecule has 82 valence electrons. The second kappa shape index (κ2) is 5.59. The van der Waals surface area contributed by atoms with Gasteiger partial charge in [0.05, 0.1) is 0 Å². The molecule has 0 aliphatic carbocycles. The van der Waals surface area contributed by atoms with E-state index in [2.05, 4.69) is 0 Å². The number of rotatable bonds is 5. The number of carbonyl (C=O) groups excluding carboxylic acids is 2. The molecule has 2 N–H and O–H groups in total. The van der Waals surface area contributed by atoms with Gasteiger partial charge in [-0.05, 0) is 27.4 Å². The fourth-order valence-corrected chi connectivity index (χ4v) is 0.792. The molecule has 0 aliphatic rings. The molecule has 0 aromatic heterocycles. The standard InChI is InChI=1S/C9H18N2O3/c1-5-7(8(10)12)14-9(13)6(2)11(3)4/h6-7H,5H2,1-4H3,(H2,10,12). The second-order valence-electron chi connectivity index (χ2n) is 3.38. The molecule has 5 nitrogen and oxygen atoms in total. The molecule has 0 heterocycles. The second-order valence-corrected chi connectivity index (χ2v) is 3.38. The first-order valence-corrected chi connectivity index (χ1v) is 4.56. The first kappa shape index (κ1) is 12.9. The minimum Gasteiger partial charge on any atom is -0.451 e. The molecule has 14 heavy (non-hydrogen) atoms. The van der Waals surface area contributed by atoms with Crippen molar-refractivity contribution in [2.45, 2.75) is 32.4 Å². The lowest BCUT2D eigenvalue weighted by molar-refractivity contribution is -0.159. The third kappa shape index (κ3) is 3.74. The van der Waals surface area contributed by atoms with Crippen LogP contribution in [0.2, 0.25) is 0 Å². The van der Waals surface area contributed by atoms with Crippen LogP contribution in [-0.2, 0) is 14.3 Å². The van der Waals surface area contributed by atoms with Crippen LogP contribution in [-0.4, -0.2) is 43.0 Å². The average molecular weight is 202 g/mol. The molecule has 2 unspecified atom stereocenters. The molecule has 0 fully saturated rings. The van der Waals surface area contributed by atoms with Crippen LogP contribution in [0.3, 0.4) is 0 Å². The molecule has 0 aliphatic heterocycles. The monoisotopic (exact) mass is 202 g/mol. The van der Waals surface area contributed by atoms with E-state index < -0.39 is 18.0 Å². The summed E-state index contributed by atoms with van der Waals surface area (Å²) in [6.07, 6.45) is -0.411. The van der Waals surface area contributed by atoms with Crippen LogP contribution in [0.15, 0.2) is 0 Å². The Labute approximate surface area is 84.2 Å². The quantitative estimate of drug-likeness (QED) is 0.624. The van der Waals surface area contributed by atoms with E-state index in [1.807, 2.05) is 0 Å². The normalized spacial score (nSPS) is 14.9. The van der Waals surface area contributed by atoms with Gasteiger partial charge in [0.25, 0.3) is 5.91 Å². The number of esters is 1. The van der Waals surface area contributed by atoms with Gasteiger partial charge in [-0.3, -0.25) is 14.5 Å². The Morgan fingerprint density at radius 3 is 2.21 bits per heavy atom. The number of primary amides is 1. The van der Waals surface area contributed by atoms with Gasteiger partial charge in [-0.2, -0.15) is 0 Å². The van der Waals surface area contributed by atoms with Crippen LogP contribution in [0.4, 0.5) is 0 Å². The van der Waals surface area contributed by atoms with Crippen molar-refractivity contribution in [1.29, 1.82) is 0 Å². The predicted molar refractivity (Wildman–Crippen MR) is 52.5 cm³/mol. The van der Waals surface area contributed by atoms with Gasteiger partial charge in [-0.15, -0.1) is 0 Å². The van der Waals surface area contributed by atoms with Gasteiger partial charge in [0, 0.05) is 0 Å². The summed E-state index contributed by atoms with van der Waals surface area (Å²) in [6.45, 7) is 3.44. The van der Waals surface area contributed by atoms with Crippen LogP contribution >= 0.6 is 0 Å². The first-order chi connectivity index (χ1) is 6.40. The minimum atomic E-state index is -0.815. The number of amides is 1. The summed E-state index contributed by atoms with van der Waals surface area (Å²) in [5, 5.41) is 0. The summed E-state index contributed by atoms with van der Waals surface area (Å²) >= 11 is 0. The first-order valence-electron chi connectivity index (χ1n) is 4.56. The fourth-order valence-electron chi connectivity index (χ4n) is 0.792. The maximum absolute atomic E-state index is 11.4. The summed E-state index contributed by atoms with van der Waals surface area (Å²) < 4.78 is 4.93. The van der Waals surface area contributed by atoms with Gasteiger partial charge in [0.15, 0.2) is 6.10 Å². The highest BCUT2D eigenvalue weighted by Crippen LogP contribution is 2.02. The Bertz CT molecular complexity index is 216. The third-order valence-corrected chi connectivity index (χ3v) is 2.06. The van der Waals surface area contributed by atoms with Crippen LogP contribution in [0.1, 0.15) is 20.3 Å². The Kier molecular flexibility index (Phi) is 5.15. The SMILES string of the molecule is CCC(OC(=O)C(C)N(C)C)C(N)=O. The van der Waals surface area contributed by atoms with E-state index in [0.29, 0.717) is 6.42 Å². The van der Waals surface area contributed by atoms with Gasteiger partial charge in [0.2, 0.25) is 0 Å². The number of ether oxygens (including phenoxy) is 1. The Balaban J connectivity index is 4.22. The Morgan fingerprint density at radius 1 is 1.43 bits per heavy atom.